The van der Waals surface area contributed by atoms with Crippen LogP contribution in [0.1, 0.15) is 18.3 Å². The van der Waals surface area contributed by atoms with E-state index in [4.69, 9.17) is 11.2 Å². The van der Waals surface area contributed by atoms with Crippen molar-refractivity contribution < 1.29 is 17.9 Å². The van der Waals surface area contributed by atoms with E-state index < -0.39 is 18.0 Å². The molecule has 0 N–H and O–H groups in total. The number of halogens is 3. The highest BCUT2D eigenvalue weighted by Crippen LogP contribution is 2.29. The first kappa shape index (κ1) is 14.8. The Balaban J connectivity index is 2.37. The van der Waals surface area contributed by atoms with E-state index in [1.54, 1.807) is 6.92 Å². The molecule has 0 bridgehead atoms. The van der Waals surface area contributed by atoms with Crippen LogP contribution in [0.25, 0.3) is 5.82 Å². The van der Waals surface area contributed by atoms with Crippen LogP contribution in [0.15, 0.2) is 18.5 Å². The van der Waals surface area contributed by atoms with Crippen LogP contribution in [0, 0.1) is 19.3 Å². The summed E-state index contributed by atoms with van der Waals surface area (Å²) in [6, 6.07) is 2.31. The molecule has 110 valence electrons. The van der Waals surface area contributed by atoms with Crippen LogP contribution in [0.3, 0.4) is 0 Å². The maximum Gasteiger partial charge on any atom is 0.435 e. The smallest absolute Gasteiger partial charge is 0.435 e. The van der Waals surface area contributed by atoms with Crippen LogP contribution in [0.2, 0.25) is 0 Å². The molecule has 2 aromatic rings. The summed E-state index contributed by atoms with van der Waals surface area (Å²) >= 11 is 0. The number of alkyl halides is 3. The number of hydrogen-bond acceptors (Lipinski definition) is 4. The van der Waals surface area contributed by atoms with Crippen molar-refractivity contribution in [1.82, 2.24) is 19.7 Å². The summed E-state index contributed by atoms with van der Waals surface area (Å²) in [6.07, 6.45) is 1.32. The van der Waals surface area contributed by atoms with E-state index in [-0.39, 0.29) is 17.4 Å². The van der Waals surface area contributed by atoms with Gasteiger partial charge in [-0.1, -0.05) is 5.92 Å². The van der Waals surface area contributed by atoms with Crippen LogP contribution in [-0.2, 0) is 6.18 Å². The van der Waals surface area contributed by atoms with Crippen molar-refractivity contribution in [3.8, 4) is 24.0 Å². The fourth-order valence-electron chi connectivity index (χ4n) is 1.57. The molecule has 2 aromatic heterocycles. The van der Waals surface area contributed by atoms with Gasteiger partial charge in [0.15, 0.2) is 17.6 Å². The van der Waals surface area contributed by atoms with Gasteiger partial charge in [-0.2, -0.15) is 18.3 Å². The van der Waals surface area contributed by atoms with E-state index in [1.165, 1.54) is 19.3 Å². The summed E-state index contributed by atoms with van der Waals surface area (Å²) in [4.78, 5) is 7.74. The van der Waals surface area contributed by atoms with E-state index >= 15 is 0 Å². The van der Waals surface area contributed by atoms with Crippen LogP contribution in [-0.4, -0.2) is 25.9 Å². The summed E-state index contributed by atoms with van der Waals surface area (Å²) in [5.41, 5.74) is -0.699. The molecule has 0 aromatic carbocycles. The van der Waals surface area contributed by atoms with Gasteiger partial charge in [0.2, 0.25) is 5.88 Å². The van der Waals surface area contributed by atoms with E-state index in [0.717, 1.165) is 10.7 Å². The molecule has 0 aliphatic heterocycles. The second kappa shape index (κ2) is 5.44. The van der Waals surface area contributed by atoms with E-state index in [1.807, 2.05) is 0 Å². The summed E-state index contributed by atoms with van der Waals surface area (Å²) in [5.74, 6) is 2.68. The van der Waals surface area contributed by atoms with Gasteiger partial charge in [-0.05, 0) is 19.9 Å². The molecule has 0 amide bonds. The lowest BCUT2D eigenvalue weighted by Gasteiger charge is -2.09. The van der Waals surface area contributed by atoms with Gasteiger partial charge in [0.05, 0.1) is 0 Å². The van der Waals surface area contributed by atoms with Crippen molar-refractivity contribution in [3.63, 3.8) is 0 Å². The van der Waals surface area contributed by atoms with Crippen molar-refractivity contribution in [2.75, 3.05) is 0 Å². The molecular formula is C13H11F3N4O. The molecule has 0 radical (unpaired) electrons. The van der Waals surface area contributed by atoms with E-state index in [2.05, 4.69) is 21.0 Å². The Morgan fingerprint density at radius 1 is 1.33 bits per heavy atom. The fraction of sp³-hybridized carbons (Fsp3) is 0.308. The average Bonchev–Trinajstić information content (AvgIpc) is 2.81. The fourth-order valence-corrected chi connectivity index (χ4v) is 1.57. The monoisotopic (exact) mass is 296 g/mol. The molecule has 0 aliphatic rings. The largest absolute Gasteiger partial charge is 0.461 e. The molecule has 0 fully saturated rings. The normalized spacial score (nSPS) is 12.8. The molecule has 5 nitrogen and oxygen atoms in total. The Hall–Kier alpha value is -2.56. The predicted octanol–water partition coefficient (Wildman–Crippen LogP) is 2.39. The molecule has 1 unspecified atom stereocenters. The maximum atomic E-state index is 12.6. The van der Waals surface area contributed by atoms with Crippen LogP contribution >= 0.6 is 0 Å². The van der Waals surface area contributed by atoms with Crippen LogP contribution < -0.4 is 4.74 Å². The third-order valence-corrected chi connectivity index (χ3v) is 2.55. The third-order valence-electron chi connectivity index (χ3n) is 2.55. The van der Waals surface area contributed by atoms with E-state index in [0.29, 0.717) is 0 Å². The maximum absolute atomic E-state index is 12.6. The van der Waals surface area contributed by atoms with Gasteiger partial charge in [-0.25, -0.2) is 14.6 Å². The number of terminal acetylenes is 1. The predicted molar refractivity (Wildman–Crippen MR) is 67.8 cm³/mol. The number of hydrogen-bond donors (Lipinski definition) is 0. The molecule has 2 rings (SSSR count). The molecular weight excluding hydrogens is 285 g/mol. The summed E-state index contributed by atoms with van der Waals surface area (Å²) in [7, 11) is 0. The van der Waals surface area contributed by atoms with Gasteiger partial charge < -0.3 is 4.74 Å². The van der Waals surface area contributed by atoms with Gasteiger partial charge in [-0.3, -0.25) is 0 Å². The summed E-state index contributed by atoms with van der Waals surface area (Å²) in [5, 5.41) is 3.50. The zero-order valence-electron chi connectivity index (χ0n) is 11.2. The lowest BCUT2D eigenvalue weighted by atomic mass is 10.3. The first-order valence-corrected chi connectivity index (χ1v) is 5.90. The van der Waals surface area contributed by atoms with Gasteiger partial charge in [0.1, 0.15) is 6.33 Å². The summed E-state index contributed by atoms with van der Waals surface area (Å²) in [6.45, 7) is 3.14. The Labute approximate surface area is 118 Å². The second-order valence-corrected chi connectivity index (χ2v) is 4.22. The minimum atomic E-state index is -4.51. The molecule has 0 spiro atoms. The van der Waals surface area contributed by atoms with Gasteiger partial charge >= 0.3 is 6.18 Å². The molecule has 8 heteroatoms. The highest BCUT2D eigenvalue weighted by molar-refractivity contribution is 5.30. The van der Waals surface area contributed by atoms with Gasteiger partial charge in [-0.15, -0.1) is 6.42 Å². The Bertz CT molecular complexity index is 687. The van der Waals surface area contributed by atoms with Crippen molar-refractivity contribution in [2.45, 2.75) is 26.1 Å². The molecule has 0 saturated heterocycles. The Morgan fingerprint density at radius 3 is 2.62 bits per heavy atom. The lowest BCUT2D eigenvalue weighted by Crippen LogP contribution is -2.11. The van der Waals surface area contributed by atoms with Crippen LogP contribution in [0.4, 0.5) is 13.2 Å². The Kier molecular flexibility index (Phi) is 3.84. The highest BCUT2D eigenvalue weighted by Gasteiger charge is 2.34. The highest BCUT2D eigenvalue weighted by atomic mass is 19.4. The Morgan fingerprint density at radius 2 is 2.05 bits per heavy atom. The number of aryl methyl sites for hydroxylation is 1. The topological polar surface area (TPSA) is 52.8 Å². The number of rotatable bonds is 3. The first-order valence-electron chi connectivity index (χ1n) is 5.90. The summed E-state index contributed by atoms with van der Waals surface area (Å²) < 4.78 is 44.3. The molecule has 0 aliphatic carbocycles. The van der Waals surface area contributed by atoms with E-state index in [9.17, 15) is 13.2 Å². The minimum absolute atomic E-state index is 0.161. The molecule has 21 heavy (non-hydrogen) atoms. The van der Waals surface area contributed by atoms with Gasteiger partial charge in [0, 0.05) is 11.8 Å². The van der Waals surface area contributed by atoms with Gasteiger partial charge in [0.25, 0.3) is 0 Å². The number of nitrogens with zero attached hydrogens (tertiary/aromatic N) is 4. The van der Waals surface area contributed by atoms with Crippen molar-refractivity contribution in [2.24, 2.45) is 0 Å². The first-order chi connectivity index (χ1) is 9.81. The second-order valence-electron chi connectivity index (χ2n) is 4.22. The van der Waals surface area contributed by atoms with Crippen molar-refractivity contribution in [3.05, 3.63) is 29.8 Å². The molecule has 1 atom stereocenters. The molecule has 2 heterocycles. The standard InChI is InChI=1S/C13H11F3N4O/c1-4-9(3)21-12-6-11(17-7-18-12)20-8(2)5-10(19-20)13(14,15)16/h1,5-7,9H,2-3H3. The number of aromatic nitrogens is 4. The van der Waals surface area contributed by atoms with Crippen LogP contribution in [0.5, 0.6) is 5.88 Å². The molecule has 0 saturated carbocycles. The van der Waals surface area contributed by atoms with Crippen molar-refractivity contribution >= 4 is 0 Å². The lowest BCUT2D eigenvalue weighted by molar-refractivity contribution is -0.141. The zero-order valence-corrected chi connectivity index (χ0v) is 11.2. The quantitative estimate of drug-likeness (QED) is 0.816. The zero-order chi connectivity index (χ0) is 15.6. The van der Waals surface area contributed by atoms with Crippen molar-refractivity contribution in [1.29, 1.82) is 0 Å². The average molecular weight is 296 g/mol. The minimum Gasteiger partial charge on any atom is -0.461 e. The number of ether oxygens (including phenoxy) is 1. The third kappa shape index (κ3) is 3.31. The SMILES string of the molecule is C#CC(C)Oc1cc(-n2nc(C(F)(F)F)cc2C)ncn1.